The largest absolute Gasteiger partial charge is 0.347 e. The Morgan fingerprint density at radius 2 is 1.88 bits per heavy atom. The van der Waals surface area contributed by atoms with Gasteiger partial charge in [-0.3, -0.25) is 9.59 Å². The van der Waals surface area contributed by atoms with E-state index in [1.807, 2.05) is 30.5 Å². The topological polar surface area (TPSA) is 51.1 Å². The Morgan fingerprint density at radius 3 is 2.64 bits per heavy atom. The third-order valence-corrected chi connectivity index (χ3v) is 5.18. The fraction of sp³-hybridized carbons (Fsp3) is 0.524. The molecule has 25 heavy (non-hydrogen) atoms. The monoisotopic (exact) mass is 340 g/mol. The summed E-state index contributed by atoms with van der Waals surface area (Å²) in [6, 6.07) is 8.02. The van der Waals surface area contributed by atoms with Crippen molar-refractivity contribution in [3.05, 3.63) is 36.0 Å². The number of carbonyl (C=O) groups excluding carboxylic acids is 2. The van der Waals surface area contributed by atoms with Crippen LogP contribution in [0, 0.1) is 0 Å². The van der Waals surface area contributed by atoms with E-state index in [4.69, 9.17) is 0 Å². The number of fused-ring (bicyclic) bond motifs is 1. The predicted molar refractivity (Wildman–Crippen MR) is 101 cm³/mol. The molecule has 4 nitrogen and oxygen atoms in total. The summed E-state index contributed by atoms with van der Waals surface area (Å²) in [4.78, 5) is 25.2. The summed E-state index contributed by atoms with van der Waals surface area (Å²) in [5, 5.41) is 3.82. The average molecular weight is 340 g/mol. The van der Waals surface area contributed by atoms with Crippen LogP contribution >= 0.6 is 0 Å². The van der Waals surface area contributed by atoms with E-state index in [1.54, 1.807) is 0 Å². The van der Waals surface area contributed by atoms with Crippen LogP contribution < -0.4 is 5.32 Å². The van der Waals surface area contributed by atoms with Gasteiger partial charge in [0.15, 0.2) is 0 Å². The molecule has 0 atom stereocenters. The lowest BCUT2D eigenvalue weighted by Crippen LogP contribution is -2.40. The molecule has 0 saturated heterocycles. The van der Waals surface area contributed by atoms with Crippen molar-refractivity contribution in [1.29, 1.82) is 0 Å². The summed E-state index contributed by atoms with van der Waals surface area (Å²) < 4.78 is 2.12. The number of nitrogens with one attached hydrogen (secondary N) is 1. The van der Waals surface area contributed by atoms with Gasteiger partial charge in [0.2, 0.25) is 0 Å². The summed E-state index contributed by atoms with van der Waals surface area (Å²) in [6.45, 7) is 3.06. The summed E-state index contributed by atoms with van der Waals surface area (Å²) in [6.07, 6.45) is 10.7. The van der Waals surface area contributed by atoms with Crippen molar-refractivity contribution in [3.63, 3.8) is 0 Å². The minimum Gasteiger partial charge on any atom is -0.347 e. The van der Waals surface area contributed by atoms with Crippen molar-refractivity contribution < 1.29 is 9.59 Å². The number of ketones is 1. The number of amides is 1. The summed E-state index contributed by atoms with van der Waals surface area (Å²) in [5.41, 5.74) is 1.56. The summed E-state index contributed by atoms with van der Waals surface area (Å²) in [5.74, 6) is -0.862. The van der Waals surface area contributed by atoms with Gasteiger partial charge in [-0.1, -0.05) is 57.2 Å². The molecule has 0 bridgehead atoms. The van der Waals surface area contributed by atoms with E-state index >= 15 is 0 Å². The van der Waals surface area contributed by atoms with Crippen LogP contribution in [0.1, 0.15) is 68.6 Å². The van der Waals surface area contributed by atoms with E-state index in [0.29, 0.717) is 5.56 Å². The number of hydrogen-bond acceptors (Lipinski definition) is 2. The smallest absolute Gasteiger partial charge is 0.292 e. The highest BCUT2D eigenvalue weighted by atomic mass is 16.2. The normalized spacial score (nSPS) is 15.4. The van der Waals surface area contributed by atoms with E-state index in [0.717, 1.165) is 62.4 Å². The number of benzene rings is 1. The maximum Gasteiger partial charge on any atom is 0.292 e. The Morgan fingerprint density at radius 1 is 1.12 bits per heavy atom. The third kappa shape index (κ3) is 4.12. The molecule has 1 saturated carbocycles. The first-order valence-electron chi connectivity index (χ1n) is 9.63. The van der Waals surface area contributed by atoms with E-state index < -0.39 is 11.7 Å². The second-order valence-corrected chi connectivity index (χ2v) is 7.10. The Kier molecular flexibility index (Phi) is 5.90. The van der Waals surface area contributed by atoms with Crippen LogP contribution in [0.2, 0.25) is 0 Å². The van der Waals surface area contributed by atoms with Crippen molar-refractivity contribution >= 4 is 22.6 Å². The van der Waals surface area contributed by atoms with E-state index in [-0.39, 0.29) is 6.04 Å². The summed E-state index contributed by atoms with van der Waals surface area (Å²) >= 11 is 0. The molecule has 0 spiro atoms. The molecule has 0 aliphatic heterocycles. The molecular weight excluding hydrogens is 312 g/mol. The molecule has 3 rings (SSSR count). The molecule has 1 heterocycles. The molecule has 1 fully saturated rings. The van der Waals surface area contributed by atoms with Gasteiger partial charge in [-0.2, -0.15) is 0 Å². The SMILES string of the molecule is CCCCCn1cc(C(=O)C(=O)NC2CCCCC2)c2ccccc21. The first kappa shape index (κ1) is 17.7. The molecular formula is C21H28N2O2. The van der Waals surface area contributed by atoms with Crippen molar-refractivity contribution in [1.82, 2.24) is 9.88 Å². The fourth-order valence-corrected chi connectivity index (χ4v) is 3.77. The van der Waals surface area contributed by atoms with Gasteiger partial charge in [0, 0.05) is 29.7 Å². The second kappa shape index (κ2) is 8.32. The molecule has 2 aromatic rings. The zero-order valence-electron chi connectivity index (χ0n) is 15.1. The van der Waals surface area contributed by atoms with Crippen LogP contribution in [-0.2, 0) is 11.3 Å². The highest BCUT2D eigenvalue weighted by Gasteiger charge is 2.24. The number of rotatable bonds is 7. The van der Waals surface area contributed by atoms with E-state index in [2.05, 4.69) is 16.8 Å². The maximum absolute atomic E-state index is 12.8. The number of aromatic nitrogens is 1. The number of carbonyl (C=O) groups is 2. The lowest BCUT2D eigenvalue weighted by atomic mass is 9.95. The fourth-order valence-electron chi connectivity index (χ4n) is 3.77. The average Bonchev–Trinajstić information content (AvgIpc) is 3.01. The van der Waals surface area contributed by atoms with Crippen LogP contribution in [0.4, 0.5) is 0 Å². The minimum atomic E-state index is -0.455. The Hall–Kier alpha value is -2.10. The molecule has 134 valence electrons. The van der Waals surface area contributed by atoms with Gasteiger partial charge in [0.25, 0.3) is 11.7 Å². The molecule has 1 aliphatic rings. The molecule has 1 N–H and O–H groups in total. The van der Waals surface area contributed by atoms with Gasteiger partial charge in [-0.05, 0) is 25.3 Å². The first-order chi connectivity index (χ1) is 12.2. The minimum absolute atomic E-state index is 0.156. The Balaban J connectivity index is 1.79. The highest BCUT2D eigenvalue weighted by molar-refractivity contribution is 6.45. The molecule has 1 aromatic carbocycles. The maximum atomic E-state index is 12.8. The molecule has 4 heteroatoms. The van der Waals surface area contributed by atoms with Crippen LogP contribution in [0.5, 0.6) is 0 Å². The number of nitrogens with zero attached hydrogens (tertiary/aromatic N) is 1. The Labute approximate surface area is 149 Å². The van der Waals surface area contributed by atoms with Gasteiger partial charge < -0.3 is 9.88 Å². The van der Waals surface area contributed by atoms with E-state index in [9.17, 15) is 9.59 Å². The Bertz CT molecular complexity index is 741. The van der Waals surface area contributed by atoms with Gasteiger partial charge in [0.1, 0.15) is 0 Å². The predicted octanol–water partition coefficient (Wildman–Crippen LogP) is 4.46. The quantitative estimate of drug-likeness (QED) is 0.459. The van der Waals surface area contributed by atoms with Crippen molar-refractivity contribution in [3.8, 4) is 0 Å². The highest BCUT2D eigenvalue weighted by Crippen LogP contribution is 2.23. The number of hydrogen-bond donors (Lipinski definition) is 1. The van der Waals surface area contributed by atoms with Crippen LogP contribution in [0.15, 0.2) is 30.5 Å². The third-order valence-electron chi connectivity index (χ3n) is 5.18. The molecule has 0 unspecified atom stereocenters. The lowest BCUT2D eigenvalue weighted by Gasteiger charge is -2.22. The van der Waals surface area contributed by atoms with Gasteiger partial charge in [0.05, 0.1) is 5.56 Å². The van der Waals surface area contributed by atoms with Crippen LogP contribution in [-0.4, -0.2) is 22.3 Å². The van der Waals surface area contributed by atoms with E-state index in [1.165, 1.54) is 6.42 Å². The molecule has 1 amide bonds. The van der Waals surface area contributed by atoms with Gasteiger partial charge in [-0.25, -0.2) is 0 Å². The molecule has 1 aliphatic carbocycles. The second-order valence-electron chi connectivity index (χ2n) is 7.10. The zero-order chi connectivity index (χ0) is 17.6. The van der Waals surface area contributed by atoms with Crippen LogP contribution in [0.25, 0.3) is 10.9 Å². The summed E-state index contributed by atoms with van der Waals surface area (Å²) in [7, 11) is 0. The number of aryl methyl sites for hydroxylation is 1. The van der Waals surface area contributed by atoms with Crippen LogP contribution in [0.3, 0.4) is 0 Å². The van der Waals surface area contributed by atoms with Crippen molar-refractivity contribution in [2.45, 2.75) is 70.9 Å². The number of unbranched alkanes of at least 4 members (excludes halogenated alkanes) is 2. The van der Waals surface area contributed by atoms with Crippen molar-refractivity contribution in [2.24, 2.45) is 0 Å². The first-order valence-corrected chi connectivity index (χ1v) is 9.63. The van der Waals surface area contributed by atoms with Gasteiger partial charge >= 0.3 is 0 Å². The zero-order valence-corrected chi connectivity index (χ0v) is 15.1. The molecule has 0 radical (unpaired) electrons. The standard InChI is InChI=1S/C21H28N2O2/c1-2-3-9-14-23-15-18(17-12-7-8-13-19(17)23)20(24)21(25)22-16-10-5-4-6-11-16/h7-8,12-13,15-16H,2-6,9-11,14H2,1H3,(H,22,25). The van der Waals surface area contributed by atoms with Crippen molar-refractivity contribution in [2.75, 3.05) is 0 Å². The molecule has 1 aromatic heterocycles. The number of para-hydroxylation sites is 1. The lowest BCUT2D eigenvalue weighted by molar-refractivity contribution is -0.117. The van der Waals surface area contributed by atoms with Gasteiger partial charge in [-0.15, -0.1) is 0 Å². The number of Topliss-reactive ketones (excluding diaryl/α,β-unsaturated/α-hetero) is 1.